The van der Waals surface area contributed by atoms with E-state index in [1.165, 1.54) is 26.8 Å². The zero-order valence-electron chi connectivity index (χ0n) is 21.9. The third kappa shape index (κ3) is 7.02. The average molecular weight is 538 g/mol. The highest BCUT2D eigenvalue weighted by atomic mass is 19.4. The van der Waals surface area contributed by atoms with E-state index in [1.54, 1.807) is 12.3 Å². The second-order valence-electron chi connectivity index (χ2n) is 11.2. The largest absolute Gasteiger partial charge is 0.471 e. The van der Waals surface area contributed by atoms with Gasteiger partial charge in [0, 0.05) is 44.1 Å². The first kappa shape index (κ1) is 28.3. The Morgan fingerprint density at radius 3 is 2.55 bits per heavy atom. The number of rotatable bonds is 9. The van der Waals surface area contributed by atoms with Crippen molar-refractivity contribution in [3.05, 3.63) is 58.8 Å². The van der Waals surface area contributed by atoms with E-state index in [2.05, 4.69) is 15.6 Å². The predicted molar refractivity (Wildman–Crippen MR) is 134 cm³/mol. The molecule has 6 nitrogen and oxygen atoms in total. The van der Waals surface area contributed by atoms with Gasteiger partial charge in [-0.15, -0.1) is 0 Å². The molecular formula is C28H35F4N3O3. The van der Waals surface area contributed by atoms with Crippen LogP contribution in [0.1, 0.15) is 74.8 Å². The van der Waals surface area contributed by atoms with Gasteiger partial charge in [0.15, 0.2) is 0 Å². The fourth-order valence-corrected chi connectivity index (χ4v) is 5.30. The van der Waals surface area contributed by atoms with Gasteiger partial charge in [0.05, 0.1) is 17.7 Å². The number of aromatic nitrogens is 1. The molecule has 0 unspecified atom stereocenters. The quantitative estimate of drug-likeness (QED) is 0.399. The molecule has 0 bridgehead atoms. The van der Waals surface area contributed by atoms with E-state index in [0.29, 0.717) is 17.9 Å². The van der Waals surface area contributed by atoms with E-state index < -0.39 is 35.5 Å². The number of halogens is 4. The fourth-order valence-electron chi connectivity index (χ4n) is 5.30. The minimum absolute atomic E-state index is 0.0257. The summed E-state index contributed by atoms with van der Waals surface area (Å²) in [6, 6.07) is 5.72. The van der Waals surface area contributed by atoms with Gasteiger partial charge in [-0.3, -0.25) is 4.79 Å². The molecule has 38 heavy (non-hydrogen) atoms. The summed E-state index contributed by atoms with van der Waals surface area (Å²) in [6.45, 7) is 4.38. The highest BCUT2D eigenvalue weighted by molar-refractivity contribution is 5.73. The number of benzene rings is 1. The number of ether oxygens (including phenoxy) is 1. The maximum absolute atomic E-state index is 14.3. The molecule has 1 aliphatic carbocycles. The molecule has 4 rings (SSSR count). The molecule has 3 atom stereocenters. The van der Waals surface area contributed by atoms with Crippen molar-refractivity contribution in [3.63, 3.8) is 0 Å². The third-order valence-electron chi connectivity index (χ3n) is 7.23. The third-order valence-corrected chi connectivity index (χ3v) is 7.23. The van der Waals surface area contributed by atoms with Gasteiger partial charge in [-0.05, 0) is 62.8 Å². The van der Waals surface area contributed by atoms with Gasteiger partial charge in [-0.1, -0.05) is 18.2 Å². The lowest BCUT2D eigenvalue weighted by Crippen LogP contribution is -2.52. The van der Waals surface area contributed by atoms with Crippen LogP contribution in [0.2, 0.25) is 0 Å². The SMILES string of the molecule is CC(=O)N[C@@H](Cc1cccc(C(F)(F)F)c1)[C@H](O)CN[C@H]1CC2(CCC2)Oc2ncc(CC(C)(C)F)cc21. The van der Waals surface area contributed by atoms with Crippen molar-refractivity contribution >= 4 is 5.91 Å². The molecule has 2 heterocycles. The van der Waals surface area contributed by atoms with Crippen LogP contribution in [0.25, 0.3) is 0 Å². The molecular weight excluding hydrogens is 502 g/mol. The second-order valence-corrected chi connectivity index (χ2v) is 11.2. The Morgan fingerprint density at radius 2 is 1.95 bits per heavy atom. The number of nitrogens with zero attached hydrogens (tertiary/aromatic N) is 1. The number of carbonyl (C=O) groups is 1. The minimum Gasteiger partial charge on any atom is -0.471 e. The van der Waals surface area contributed by atoms with Crippen LogP contribution in [0.3, 0.4) is 0 Å². The van der Waals surface area contributed by atoms with Crippen molar-refractivity contribution in [1.29, 1.82) is 0 Å². The lowest BCUT2D eigenvalue weighted by atomic mass is 9.73. The predicted octanol–water partition coefficient (Wildman–Crippen LogP) is 4.84. The van der Waals surface area contributed by atoms with Gasteiger partial charge in [-0.25, -0.2) is 9.37 Å². The summed E-state index contributed by atoms with van der Waals surface area (Å²) >= 11 is 0. The first-order valence-electron chi connectivity index (χ1n) is 12.9. The van der Waals surface area contributed by atoms with E-state index >= 15 is 0 Å². The highest BCUT2D eigenvalue weighted by Gasteiger charge is 2.46. The number of amides is 1. The number of aliphatic hydroxyl groups excluding tert-OH is 1. The number of fused-ring (bicyclic) bond motifs is 1. The van der Waals surface area contributed by atoms with Gasteiger partial charge in [0.2, 0.25) is 11.8 Å². The van der Waals surface area contributed by atoms with E-state index in [0.717, 1.165) is 42.5 Å². The summed E-state index contributed by atoms with van der Waals surface area (Å²) in [5, 5.41) is 17.1. The molecule has 1 spiro atoms. The van der Waals surface area contributed by atoms with Gasteiger partial charge >= 0.3 is 6.18 Å². The molecule has 1 fully saturated rings. The van der Waals surface area contributed by atoms with Crippen molar-refractivity contribution < 1.29 is 32.2 Å². The molecule has 208 valence electrons. The van der Waals surface area contributed by atoms with Crippen LogP contribution in [0, 0.1) is 0 Å². The number of alkyl halides is 4. The summed E-state index contributed by atoms with van der Waals surface area (Å²) < 4.78 is 60.1. The standard InChI is InChI=1S/C28H35F4N3O3/c1-17(36)35-22(12-18-6-4-7-20(10-18)28(30,31)32)24(37)16-33-23-14-27(8-5-9-27)38-25-21(23)11-19(15-34-25)13-26(2,3)29/h4,6-7,10-11,15,22-24,33,37H,5,8-9,12-14,16H2,1-3H3,(H,35,36)/t22-,23-,24+/m0/s1. The highest BCUT2D eigenvalue weighted by Crippen LogP contribution is 2.48. The van der Waals surface area contributed by atoms with E-state index in [4.69, 9.17) is 4.74 Å². The van der Waals surface area contributed by atoms with Crippen LogP contribution in [-0.4, -0.2) is 46.0 Å². The Labute approximate surface area is 220 Å². The maximum Gasteiger partial charge on any atom is 0.416 e. The van der Waals surface area contributed by atoms with Gasteiger partial charge in [-0.2, -0.15) is 13.2 Å². The summed E-state index contributed by atoms with van der Waals surface area (Å²) in [4.78, 5) is 16.3. The molecule has 2 aliphatic rings. The number of aliphatic hydroxyl groups is 1. The normalized spacial score (nSPS) is 20.2. The average Bonchev–Trinajstić information content (AvgIpc) is 2.79. The maximum atomic E-state index is 14.3. The first-order chi connectivity index (χ1) is 17.7. The van der Waals surface area contributed by atoms with Gasteiger partial charge in [0.25, 0.3) is 0 Å². The van der Waals surface area contributed by atoms with Crippen LogP contribution in [0.5, 0.6) is 5.88 Å². The number of carbonyl (C=O) groups excluding carboxylic acids is 1. The summed E-state index contributed by atoms with van der Waals surface area (Å²) in [6.07, 6.45) is -0.263. The van der Waals surface area contributed by atoms with Crippen molar-refractivity contribution in [2.45, 2.75) is 94.9 Å². The van der Waals surface area contributed by atoms with Gasteiger partial charge < -0.3 is 20.5 Å². The van der Waals surface area contributed by atoms with Crippen molar-refractivity contribution in [2.75, 3.05) is 6.54 Å². The molecule has 10 heteroatoms. The smallest absolute Gasteiger partial charge is 0.416 e. The number of pyridine rings is 1. The second kappa shape index (κ2) is 10.8. The number of hydrogen-bond acceptors (Lipinski definition) is 5. The molecule has 1 aromatic heterocycles. The Hall–Kier alpha value is -2.72. The molecule has 1 aromatic carbocycles. The Morgan fingerprint density at radius 1 is 1.21 bits per heavy atom. The molecule has 0 saturated heterocycles. The first-order valence-corrected chi connectivity index (χ1v) is 12.9. The summed E-state index contributed by atoms with van der Waals surface area (Å²) in [7, 11) is 0. The number of hydrogen-bond donors (Lipinski definition) is 3. The Kier molecular flexibility index (Phi) is 8.04. The van der Waals surface area contributed by atoms with Crippen LogP contribution >= 0.6 is 0 Å². The number of nitrogens with one attached hydrogen (secondary N) is 2. The van der Waals surface area contributed by atoms with E-state index in [1.807, 2.05) is 6.07 Å². The molecule has 2 aromatic rings. The summed E-state index contributed by atoms with van der Waals surface area (Å²) in [5.74, 6) is 0.0965. The zero-order valence-corrected chi connectivity index (χ0v) is 21.9. The molecule has 1 saturated carbocycles. The minimum atomic E-state index is -4.49. The fraction of sp³-hybridized carbons (Fsp3) is 0.571. The summed E-state index contributed by atoms with van der Waals surface area (Å²) in [5.41, 5.74) is -0.658. The van der Waals surface area contributed by atoms with Crippen LogP contribution in [0.4, 0.5) is 17.6 Å². The Bertz CT molecular complexity index is 1140. The van der Waals surface area contributed by atoms with E-state index in [-0.39, 0.29) is 31.0 Å². The Balaban J connectivity index is 1.51. The van der Waals surface area contributed by atoms with Crippen LogP contribution < -0.4 is 15.4 Å². The zero-order chi connectivity index (χ0) is 27.7. The molecule has 0 radical (unpaired) electrons. The molecule has 1 amide bonds. The lowest BCUT2D eigenvalue weighted by Gasteiger charge is -2.47. The topological polar surface area (TPSA) is 83.5 Å². The molecule has 1 aliphatic heterocycles. The monoisotopic (exact) mass is 537 g/mol. The van der Waals surface area contributed by atoms with E-state index in [9.17, 15) is 27.5 Å². The van der Waals surface area contributed by atoms with Gasteiger partial charge in [0.1, 0.15) is 11.3 Å². The van der Waals surface area contributed by atoms with Crippen molar-refractivity contribution in [2.24, 2.45) is 0 Å². The van der Waals surface area contributed by atoms with Crippen molar-refractivity contribution in [3.8, 4) is 5.88 Å². The van der Waals surface area contributed by atoms with Crippen molar-refractivity contribution in [1.82, 2.24) is 15.6 Å². The van der Waals surface area contributed by atoms with Crippen LogP contribution in [0.15, 0.2) is 36.5 Å². The lowest BCUT2D eigenvalue weighted by molar-refractivity contribution is -0.137. The molecule has 3 N–H and O–H groups in total. The van der Waals surface area contributed by atoms with Crippen LogP contribution in [-0.2, 0) is 23.8 Å².